The van der Waals surface area contributed by atoms with E-state index in [-0.39, 0.29) is 0 Å². The first kappa shape index (κ1) is 28.2. The van der Waals surface area contributed by atoms with Crippen molar-refractivity contribution in [2.24, 2.45) is 0 Å². The Balaban J connectivity index is 1.23. The van der Waals surface area contributed by atoms with Gasteiger partial charge in [-0.15, -0.1) is 0 Å². The molecule has 1 aliphatic rings. The van der Waals surface area contributed by atoms with Crippen LogP contribution in [0.1, 0.15) is 0 Å². The van der Waals surface area contributed by atoms with Crippen molar-refractivity contribution < 1.29 is 4.74 Å². The Bertz CT molecular complexity index is 3040. The maximum absolute atomic E-state index is 6.50. The predicted octanol–water partition coefficient (Wildman–Crippen LogP) is 14.2. The summed E-state index contributed by atoms with van der Waals surface area (Å²) in [4.78, 5) is 0. The lowest BCUT2D eigenvalue weighted by molar-refractivity contribution is 0.487. The molecule has 0 aliphatic carbocycles. The lowest BCUT2D eigenvalue weighted by atomic mass is 9.85. The lowest BCUT2D eigenvalue weighted by Gasteiger charge is -2.22. The quantitative estimate of drug-likeness (QED) is 0.137. The Morgan fingerprint density at radius 1 is 0.275 bits per heavy atom. The van der Waals surface area contributed by atoms with Gasteiger partial charge in [-0.25, -0.2) is 0 Å². The van der Waals surface area contributed by atoms with Gasteiger partial charge < -0.3 is 4.74 Å². The molecule has 0 amide bonds. The lowest BCUT2D eigenvalue weighted by Crippen LogP contribution is -1.97. The van der Waals surface area contributed by atoms with Gasteiger partial charge in [-0.05, 0) is 130 Å². The smallest absolute Gasteiger partial charge is 0.135 e. The number of rotatable bonds is 3. The van der Waals surface area contributed by atoms with Crippen molar-refractivity contribution >= 4 is 53.9 Å². The van der Waals surface area contributed by atoms with Gasteiger partial charge in [0.05, 0.1) is 0 Å². The molecule has 0 saturated carbocycles. The van der Waals surface area contributed by atoms with Gasteiger partial charge in [0.2, 0.25) is 0 Å². The van der Waals surface area contributed by atoms with Crippen LogP contribution in [0.5, 0.6) is 11.5 Å². The Hall–Kier alpha value is -6.70. The molecule has 0 spiro atoms. The molecule has 1 aliphatic heterocycles. The van der Waals surface area contributed by atoms with E-state index in [1.807, 2.05) is 0 Å². The summed E-state index contributed by atoms with van der Waals surface area (Å²) in [6, 6.07) is 66.5. The third-order valence-electron chi connectivity index (χ3n) is 10.8. The van der Waals surface area contributed by atoms with Crippen LogP contribution in [0.2, 0.25) is 0 Å². The van der Waals surface area contributed by atoms with Crippen LogP contribution in [0.4, 0.5) is 0 Å². The maximum Gasteiger partial charge on any atom is 0.135 e. The van der Waals surface area contributed by atoms with Crippen molar-refractivity contribution in [3.8, 4) is 56.0 Å². The Kier molecular flexibility index (Phi) is 6.02. The van der Waals surface area contributed by atoms with Crippen LogP contribution in [-0.4, -0.2) is 0 Å². The Morgan fingerprint density at radius 2 is 0.941 bits per heavy atom. The molecule has 0 bridgehead atoms. The molecule has 10 aromatic carbocycles. The van der Waals surface area contributed by atoms with E-state index < -0.39 is 0 Å². The van der Waals surface area contributed by atoms with E-state index >= 15 is 0 Å². The Labute approximate surface area is 295 Å². The van der Waals surface area contributed by atoms with Crippen molar-refractivity contribution in [1.29, 1.82) is 0 Å². The summed E-state index contributed by atoms with van der Waals surface area (Å²) in [5.41, 5.74) is 9.52. The molecule has 51 heavy (non-hydrogen) atoms. The minimum Gasteiger partial charge on any atom is -0.456 e. The molecule has 0 aromatic heterocycles. The minimum absolute atomic E-state index is 0.891. The van der Waals surface area contributed by atoms with Crippen molar-refractivity contribution in [3.63, 3.8) is 0 Å². The van der Waals surface area contributed by atoms with E-state index in [2.05, 4.69) is 182 Å². The fourth-order valence-electron chi connectivity index (χ4n) is 8.43. The summed E-state index contributed by atoms with van der Waals surface area (Å²) in [5, 5.41) is 12.5. The van der Waals surface area contributed by atoms with E-state index in [0.717, 1.165) is 22.6 Å². The average molecular weight is 647 g/mol. The van der Waals surface area contributed by atoms with Crippen LogP contribution in [0.25, 0.3) is 98.4 Å². The first-order chi connectivity index (χ1) is 25.3. The molecule has 0 atom stereocenters. The SMILES string of the molecule is c1ccc(-c2cc(-c3ccc4c(c3)-c3cccc5cccc(c35)O4)cc(-c3c4ccc5ccccc5c4cc4ccc5ccccc5c34)c2)cc1. The molecule has 0 fully saturated rings. The van der Waals surface area contributed by atoms with Gasteiger partial charge in [0, 0.05) is 10.9 Å². The molecule has 0 radical (unpaired) electrons. The van der Waals surface area contributed by atoms with Crippen LogP contribution < -0.4 is 4.74 Å². The van der Waals surface area contributed by atoms with E-state index in [4.69, 9.17) is 4.74 Å². The molecule has 0 saturated heterocycles. The molecule has 1 heteroatoms. The van der Waals surface area contributed by atoms with Crippen molar-refractivity contribution in [1.82, 2.24) is 0 Å². The van der Waals surface area contributed by atoms with Gasteiger partial charge in [-0.3, -0.25) is 0 Å². The summed E-state index contributed by atoms with van der Waals surface area (Å²) in [7, 11) is 0. The van der Waals surface area contributed by atoms with Gasteiger partial charge in [-0.1, -0.05) is 140 Å². The summed E-state index contributed by atoms with van der Waals surface area (Å²) in [6.07, 6.45) is 0. The molecule has 10 aromatic rings. The van der Waals surface area contributed by atoms with Crippen LogP contribution in [0, 0.1) is 0 Å². The van der Waals surface area contributed by atoms with Crippen molar-refractivity contribution in [2.75, 3.05) is 0 Å². The average Bonchev–Trinajstić information content (AvgIpc) is 3.20. The molecular formula is C50H30O. The van der Waals surface area contributed by atoms with Crippen molar-refractivity contribution in [3.05, 3.63) is 182 Å². The molecule has 0 unspecified atom stereocenters. The van der Waals surface area contributed by atoms with Crippen molar-refractivity contribution in [2.45, 2.75) is 0 Å². The van der Waals surface area contributed by atoms with E-state index in [0.29, 0.717) is 0 Å². The van der Waals surface area contributed by atoms with Crippen LogP contribution in [0.3, 0.4) is 0 Å². The van der Waals surface area contributed by atoms with Gasteiger partial charge in [0.15, 0.2) is 0 Å². The maximum atomic E-state index is 6.50. The summed E-state index contributed by atoms with van der Waals surface area (Å²) >= 11 is 0. The minimum atomic E-state index is 0.891. The number of ether oxygens (including phenoxy) is 1. The first-order valence-corrected chi connectivity index (χ1v) is 17.6. The second-order valence-electron chi connectivity index (χ2n) is 13.7. The standard InChI is InChI=1S/C50H30O/c1-2-10-31(11-3-1)37-26-38(35-23-25-46-45(29-35)42-18-8-14-34-15-9-19-47(51-46)48(34)42)28-39(27-37)50-43-24-22-32-12-4-6-16-40(32)44(43)30-36-21-20-33-13-5-7-17-41(33)49(36)50/h1-30H. The highest BCUT2D eigenvalue weighted by Crippen LogP contribution is 2.49. The molecule has 1 heterocycles. The zero-order valence-electron chi connectivity index (χ0n) is 27.7. The molecule has 1 nitrogen and oxygen atoms in total. The number of benzene rings is 10. The fourth-order valence-corrected chi connectivity index (χ4v) is 8.43. The van der Waals surface area contributed by atoms with Crippen LogP contribution >= 0.6 is 0 Å². The third kappa shape index (κ3) is 4.35. The van der Waals surface area contributed by atoms with Gasteiger partial charge in [0.1, 0.15) is 11.5 Å². The number of hydrogen-bond donors (Lipinski definition) is 0. The molecule has 236 valence electrons. The van der Waals surface area contributed by atoms with Crippen LogP contribution in [0.15, 0.2) is 182 Å². The highest BCUT2D eigenvalue weighted by molar-refractivity contribution is 6.26. The fraction of sp³-hybridized carbons (Fsp3) is 0. The van der Waals surface area contributed by atoms with Gasteiger partial charge in [-0.2, -0.15) is 0 Å². The van der Waals surface area contributed by atoms with Gasteiger partial charge >= 0.3 is 0 Å². The van der Waals surface area contributed by atoms with Gasteiger partial charge in [0.25, 0.3) is 0 Å². The topological polar surface area (TPSA) is 9.23 Å². The highest BCUT2D eigenvalue weighted by Gasteiger charge is 2.21. The first-order valence-electron chi connectivity index (χ1n) is 17.6. The zero-order chi connectivity index (χ0) is 33.5. The summed E-state index contributed by atoms with van der Waals surface area (Å²) in [5.74, 6) is 1.81. The number of hydrogen-bond acceptors (Lipinski definition) is 1. The predicted molar refractivity (Wildman–Crippen MR) is 216 cm³/mol. The molecule has 11 rings (SSSR count). The second-order valence-corrected chi connectivity index (χ2v) is 13.7. The van der Waals surface area contributed by atoms with E-state index in [1.165, 1.54) is 87.2 Å². The summed E-state index contributed by atoms with van der Waals surface area (Å²) < 4.78 is 6.50. The molecule has 0 N–H and O–H groups in total. The normalized spacial score (nSPS) is 12.1. The van der Waals surface area contributed by atoms with E-state index in [1.54, 1.807) is 0 Å². The molecular weight excluding hydrogens is 617 g/mol. The largest absolute Gasteiger partial charge is 0.456 e. The second kappa shape index (κ2) is 10.9. The third-order valence-corrected chi connectivity index (χ3v) is 10.8. The van der Waals surface area contributed by atoms with Crippen LogP contribution in [-0.2, 0) is 0 Å². The zero-order valence-corrected chi connectivity index (χ0v) is 27.7. The highest BCUT2D eigenvalue weighted by atomic mass is 16.5. The Morgan fingerprint density at radius 3 is 1.80 bits per heavy atom. The summed E-state index contributed by atoms with van der Waals surface area (Å²) in [6.45, 7) is 0. The number of fused-ring (bicyclic) bond motifs is 8. The monoisotopic (exact) mass is 646 g/mol. The van der Waals surface area contributed by atoms with E-state index in [9.17, 15) is 0 Å².